The molecule has 1 aromatic rings. The fourth-order valence-corrected chi connectivity index (χ4v) is 2.48. The van der Waals surface area contributed by atoms with Crippen LogP contribution in [-0.2, 0) is 20.7 Å². The molecule has 0 spiro atoms. The third kappa shape index (κ3) is 3.36. The molecular weight excluding hydrogens is 258 g/mol. The van der Waals surface area contributed by atoms with Gasteiger partial charge in [0.15, 0.2) is 0 Å². The van der Waals surface area contributed by atoms with E-state index in [9.17, 15) is 14.7 Å². The van der Waals surface area contributed by atoms with Crippen LogP contribution in [-0.4, -0.2) is 47.7 Å². The molecule has 0 saturated carbocycles. The summed E-state index contributed by atoms with van der Waals surface area (Å²) in [4.78, 5) is 25.6. The van der Waals surface area contributed by atoms with Crippen LogP contribution in [0.1, 0.15) is 18.4 Å². The van der Waals surface area contributed by atoms with Crippen molar-refractivity contribution in [3.8, 4) is 0 Å². The molecule has 1 aromatic carbocycles. The van der Waals surface area contributed by atoms with Gasteiger partial charge in [-0.25, -0.2) is 4.79 Å². The molecule has 0 bridgehead atoms. The van der Waals surface area contributed by atoms with Crippen molar-refractivity contribution in [3.63, 3.8) is 0 Å². The van der Waals surface area contributed by atoms with Crippen molar-refractivity contribution in [1.29, 1.82) is 0 Å². The highest BCUT2D eigenvalue weighted by molar-refractivity contribution is 5.86. The van der Waals surface area contributed by atoms with E-state index in [0.29, 0.717) is 13.0 Å². The molecule has 1 aliphatic rings. The lowest BCUT2D eigenvalue weighted by Crippen LogP contribution is -2.52. The van der Waals surface area contributed by atoms with Crippen LogP contribution < -0.4 is 0 Å². The Morgan fingerprint density at radius 1 is 1.35 bits per heavy atom. The quantitative estimate of drug-likeness (QED) is 0.828. The summed E-state index contributed by atoms with van der Waals surface area (Å²) < 4.78 is 4.72. The van der Waals surface area contributed by atoms with Crippen molar-refractivity contribution in [3.05, 3.63) is 35.9 Å². The van der Waals surface area contributed by atoms with Crippen molar-refractivity contribution in [2.75, 3.05) is 13.7 Å². The van der Waals surface area contributed by atoms with Gasteiger partial charge in [-0.2, -0.15) is 0 Å². The zero-order valence-electron chi connectivity index (χ0n) is 11.5. The number of hydrogen-bond acceptors (Lipinski definition) is 4. The number of carbonyl (C=O) groups is 2. The minimum absolute atomic E-state index is 0.112. The number of ether oxygens (including phenoxy) is 1. The number of methoxy groups -OCH3 is 1. The molecule has 1 heterocycles. The highest BCUT2D eigenvalue weighted by Gasteiger charge is 2.36. The molecule has 2 atom stereocenters. The van der Waals surface area contributed by atoms with Gasteiger partial charge in [0.25, 0.3) is 0 Å². The molecule has 20 heavy (non-hydrogen) atoms. The lowest BCUT2D eigenvalue weighted by atomic mass is 9.98. The highest BCUT2D eigenvalue weighted by Crippen LogP contribution is 2.20. The maximum atomic E-state index is 12.3. The van der Waals surface area contributed by atoms with E-state index in [2.05, 4.69) is 0 Å². The third-order valence-corrected chi connectivity index (χ3v) is 3.57. The van der Waals surface area contributed by atoms with Gasteiger partial charge in [-0.1, -0.05) is 30.3 Å². The van der Waals surface area contributed by atoms with Crippen LogP contribution >= 0.6 is 0 Å². The van der Waals surface area contributed by atoms with Crippen molar-refractivity contribution < 1.29 is 19.4 Å². The molecule has 5 heteroatoms. The molecule has 0 aliphatic carbocycles. The van der Waals surface area contributed by atoms with Gasteiger partial charge in [0.05, 0.1) is 19.6 Å². The number of piperidine rings is 1. The van der Waals surface area contributed by atoms with Crippen LogP contribution in [0, 0.1) is 0 Å². The van der Waals surface area contributed by atoms with Crippen molar-refractivity contribution >= 4 is 11.9 Å². The van der Waals surface area contributed by atoms with E-state index in [1.807, 2.05) is 30.3 Å². The Hall–Kier alpha value is -1.88. The summed E-state index contributed by atoms with van der Waals surface area (Å²) >= 11 is 0. The first-order valence-corrected chi connectivity index (χ1v) is 6.71. The largest absolute Gasteiger partial charge is 0.467 e. The van der Waals surface area contributed by atoms with Gasteiger partial charge < -0.3 is 14.7 Å². The fourth-order valence-electron chi connectivity index (χ4n) is 2.48. The molecule has 1 saturated heterocycles. The van der Waals surface area contributed by atoms with E-state index >= 15 is 0 Å². The molecule has 1 aliphatic heterocycles. The van der Waals surface area contributed by atoms with Gasteiger partial charge in [0, 0.05) is 13.0 Å². The van der Waals surface area contributed by atoms with Crippen LogP contribution in [0.3, 0.4) is 0 Å². The summed E-state index contributed by atoms with van der Waals surface area (Å²) in [6, 6.07) is 8.72. The average molecular weight is 277 g/mol. The van der Waals surface area contributed by atoms with Crippen LogP contribution in [0.5, 0.6) is 0 Å². The summed E-state index contributed by atoms with van der Waals surface area (Å²) in [6.07, 6.45) is 0.436. The second-order valence-corrected chi connectivity index (χ2v) is 4.97. The molecule has 108 valence electrons. The van der Waals surface area contributed by atoms with E-state index in [4.69, 9.17) is 4.74 Å². The Labute approximate surface area is 118 Å². The number of carbonyl (C=O) groups excluding carboxylic acids is 2. The summed E-state index contributed by atoms with van der Waals surface area (Å²) in [5, 5.41) is 9.67. The van der Waals surface area contributed by atoms with Crippen molar-refractivity contribution in [1.82, 2.24) is 4.90 Å². The van der Waals surface area contributed by atoms with Gasteiger partial charge >= 0.3 is 5.97 Å². The minimum atomic E-state index is -0.681. The molecule has 1 N–H and O–H groups in total. The van der Waals surface area contributed by atoms with Crippen LogP contribution in [0.2, 0.25) is 0 Å². The Morgan fingerprint density at radius 2 is 2.05 bits per heavy atom. The normalized spacial score (nSPS) is 22.4. The Kier molecular flexibility index (Phi) is 4.74. The molecule has 0 radical (unpaired) electrons. The number of aliphatic hydroxyl groups excluding tert-OH is 1. The number of aliphatic hydroxyl groups is 1. The van der Waals surface area contributed by atoms with Crippen LogP contribution in [0.25, 0.3) is 0 Å². The average Bonchev–Trinajstić information content (AvgIpc) is 2.47. The summed E-state index contributed by atoms with van der Waals surface area (Å²) in [6.45, 7) is 0.382. The molecule has 0 aromatic heterocycles. The standard InChI is InChI=1S/C15H19NO4/c1-20-15(19)13-10-12(17)7-8-16(13)14(18)9-11-5-3-2-4-6-11/h2-6,12-13,17H,7-10H2,1H3/t12-,13+/m0/s1. The summed E-state index contributed by atoms with van der Waals surface area (Å²) in [7, 11) is 1.29. The van der Waals surface area contributed by atoms with Crippen LogP contribution in [0.15, 0.2) is 30.3 Å². The van der Waals surface area contributed by atoms with Gasteiger partial charge in [-0.3, -0.25) is 4.79 Å². The number of nitrogens with zero attached hydrogens (tertiary/aromatic N) is 1. The minimum Gasteiger partial charge on any atom is -0.467 e. The maximum absolute atomic E-state index is 12.3. The number of esters is 1. The second-order valence-electron chi connectivity index (χ2n) is 4.97. The van der Waals surface area contributed by atoms with Gasteiger partial charge in [0.2, 0.25) is 5.91 Å². The first-order valence-electron chi connectivity index (χ1n) is 6.71. The molecular formula is C15H19NO4. The predicted octanol–water partition coefficient (Wildman–Crippen LogP) is 0.754. The monoisotopic (exact) mass is 277 g/mol. The second kappa shape index (κ2) is 6.52. The number of rotatable bonds is 3. The first-order chi connectivity index (χ1) is 9.61. The molecule has 0 unspecified atom stereocenters. The number of amides is 1. The number of likely N-dealkylation sites (tertiary alicyclic amines) is 1. The summed E-state index contributed by atoms with van der Waals surface area (Å²) in [5.41, 5.74) is 0.909. The molecule has 5 nitrogen and oxygen atoms in total. The van der Waals surface area contributed by atoms with Crippen molar-refractivity contribution in [2.45, 2.75) is 31.4 Å². The number of hydrogen-bond donors (Lipinski definition) is 1. The van der Waals surface area contributed by atoms with E-state index in [-0.39, 0.29) is 18.7 Å². The van der Waals surface area contributed by atoms with E-state index < -0.39 is 18.1 Å². The number of benzene rings is 1. The third-order valence-electron chi connectivity index (χ3n) is 3.57. The highest BCUT2D eigenvalue weighted by atomic mass is 16.5. The Balaban J connectivity index is 2.08. The van der Waals surface area contributed by atoms with Gasteiger partial charge in [-0.15, -0.1) is 0 Å². The maximum Gasteiger partial charge on any atom is 0.328 e. The van der Waals surface area contributed by atoms with Crippen LogP contribution in [0.4, 0.5) is 0 Å². The smallest absolute Gasteiger partial charge is 0.328 e. The lowest BCUT2D eigenvalue weighted by molar-refractivity contribution is -0.156. The van der Waals surface area contributed by atoms with Crippen molar-refractivity contribution in [2.24, 2.45) is 0 Å². The van der Waals surface area contributed by atoms with E-state index in [1.165, 1.54) is 12.0 Å². The molecule has 1 fully saturated rings. The summed E-state index contributed by atoms with van der Waals surface area (Å²) in [5.74, 6) is -0.580. The Morgan fingerprint density at radius 3 is 2.70 bits per heavy atom. The zero-order chi connectivity index (χ0) is 14.5. The Bertz CT molecular complexity index is 474. The van der Waals surface area contributed by atoms with Gasteiger partial charge in [0.1, 0.15) is 6.04 Å². The first kappa shape index (κ1) is 14.5. The SMILES string of the molecule is COC(=O)[C@H]1C[C@@H](O)CCN1C(=O)Cc1ccccc1. The molecule has 2 rings (SSSR count). The molecule has 1 amide bonds. The van der Waals surface area contributed by atoms with Gasteiger partial charge in [-0.05, 0) is 12.0 Å². The van der Waals surface area contributed by atoms with E-state index in [0.717, 1.165) is 5.56 Å². The zero-order valence-corrected chi connectivity index (χ0v) is 11.5. The topological polar surface area (TPSA) is 66.8 Å². The van der Waals surface area contributed by atoms with E-state index in [1.54, 1.807) is 0 Å². The lowest BCUT2D eigenvalue weighted by Gasteiger charge is -2.36. The predicted molar refractivity (Wildman–Crippen MR) is 72.9 cm³/mol. The fraction of sp³-hybridized carbons (Fsp3) is 0.467.